The number of pyridine rings is 1. The van der Waals surface area contributed by atoms with Gasteiger partial charge >= 0.3 is 0 Å². The van der Waals surface area contributed by atoms with E-state index < -0.39 is 0 Å². The van der Waals surface area contributed by atoms with Crippen molar-refractivity contribution in [2.45, 2.75) is 6.92 Å². The SMILES string of the molecule is Cc1cc(C(=O)Nc2ccncc2)n(C)n1. The molecule has 0 unspecified atom stereocenters. The van der Waals surface area contributed by atoms with E-state index in [2.05, 4.69) is 15.4 Å². The fraction of sp³-hybridized carbons (Fsp3) is 0.182. The van der Waals surface area contributed by atoms with Crippen LogP contribution in [0.3, 0.4) is 0 Å². The molecule has 2 aromatic heterocycles. The number of rotatable bonds is 2. The van der Waals surface area contributed by atoms with E-state index in [4.69, 9.17) is 0 Å². The van der Waals surface area contributed by atoms with Crippen molar-refractivity contribution in [3.05, 3.63) is 42.0 Å². The summed E-state index contributed by atoms with van der Waals surface area (Å²) in [7, 11) is 1.74. The van der Waals surface area contributed by atoms with Crippen LogP contribution in [0.5, 0.6) is 0 Å². The van der Waals surface area contributed by atoms with Crippen molar-refractivity contribution in [3.63, 3.8) is 0 Å². The molecule has 16 heavy (non-hydrogen) atoms. The number of nitrogens with one attached hydrogen (secondary N) is 1. The Morgan fingerprint density at radius 3 is 2.62 bits per heavy atom. The van der Waals surface area contributed by atoms with Crippen molar-refractivity contribution in [1.82, 2.24) is 14.8 Å². The lowest BCUT2D eigenvalue weighted by Gasteiger charge is -2.04. The molecule has 0 aliphatic carbocycles. The molecule has 0 bridgehead atoms. The molecule has 0 spiro atoms. The van der Waals surface area contributed by atoms with Crippen LogP contribution < -0.4 is 5.32 Å². The Morgan fingerprint density at radius 1 is 1.38 bits per heavy atom. The number of hydrogen-bond donors (Lipinski definition) is 1. The van der Waals surface area contributed by atoms with Gasteiger partial charge in [0.2, 0.25) is 0 Å². The highest BCUT2D eigenvalue weighted by molar-refractivity contribution is 6.03. The van der Waals surface area contributed by atoms with Crippen LogP contribution in [0.4, 0.5) is 5.69 Å². The van der Waals surface area contributed by atoms with Crippen LogP contribution >= 0.6 is 0 Å². The summed E-state index contributed by atoms with van der Waals surface area (Å²) in [6.07, 6.45) is 3.26. The van der Waals surface area contributed by atoms with Crippen LogP contribution in [-0.4, -0.2) is 20.7 Å². The monoisotopic (exact) mass is 216 g/mol. The topological polar surface area (TPSA) is 59.8 Å². The molecule has 2 aromatic rings. The van der Waals surface area contributed by atoms with Crippen LogP contribution in [0.2, 0.25) is 0 Å². The normalized spacial score (nSPS) is 10.1. The van der Waals surface area contributed by atoms with E-state index in [0.29, 0.717) is 5.69 Å². The molecule has 2 heterocycles. The van der Waals surface area contributed by atoms with Gasteiger partial charge in [0, 0.05) is 25.1 Å². The molecule has 0 fully saturated rings. The third-order valence-corrected chi connectivity index (χ3v) is 2.17. The Morgan fingerprint density at radius 2 is 2.06 bits per heavy atom. The molecule has 2 rings (SSSR count). The minimum atomic E-state index is -0.172. The quantitative estimate of drug-likeness (QED) is 0.824. The first-order valence-electron chi connectivity index (χ1n) is 4.89. The zero-order chi connectivity index (χ0) is 11.5. The van der Waals surface area contributed by atoms with Crippen LogP contribution in [0.15, 0.2) is 30.6 Å². The molecule has 0 radical (unpaired) electrons. The second kappa shape index (κ2) is 4.14. The lowest BCUT2D eigenvalue weighted by Crippen LogP contribution is -2.15. The van der Waals surface area contributed by atoms with Gasteiger partial charge in [-0.2, -0.15) is 5.10 Å². The maximum Gasteiger partial charge on any atom is 0.273 e. The predicted molar refractivity (Wildman–Crippen MR) is 60.1 cm³/mol. The first-order valence-corrected chi connectivity index (χ1v) is 4.89. The molecule has 0 atom stereocenters. The summed E-state index contributed by atoms with van der Waals surface area (Å²) in [4.78, 5) is 15.7. The summed E-state index contributed by atoms with van der Waals surface area (Å²) in [5, 5.41) is 6.89. The van der Waals surface area contributed by atoms with E-state index in [9.17, 15) is 4.79 Å². The van der Waals surface area contributed by atoms with Crippen LogP contribution in [-0.2, 0) is 7.05 Å². The number of aryl methyl sites for hydroxylation is 2. The highest BCUT2D eigenvalue weighted by Gasteiger charge is 2.11. The third-order valence-electron chi connectivity index (χ3n) is 2.17. The Kier molecular flexibility index (Phi) is 2.68. The van der Waals surface area contributed by atoms with Gasteiger partial charge in [-0.05, 0) is 25.1 Å². The maximum atomic E-state index is 11.9. The van der Waals surface area contributed by atoms with E-state index in [0.717, 1.165) is 11.4 Å². The van der Waals surface area contributed by atoms with E-state index >= 15 is 0 Å². The fourth-order valence-corrected chi connectivity index (χ4v) is 1.45. The Bertz CT molecular complexity index is 504. The highest BCUT2D eigenvalue weighted by Crippen LogP contribution is 2.08. The lowest BCUT2D eigenvalue weighted by atomic mass is 10.3. The van der Waals surface area contributed by atoms with E-state index in [1.807, 2.05) is 6.92 Å². The van der Waals surface area contributed by atoms with Gasteiger partial charge in [0.15, 0.2) is 0 Å². The minimum absolute atomic E-state index is 0.172. The van der Waals surface area contributed by atoms with Gasteiger partial charge in [0.05, 0.1) is 5.69 Å². The number of hydrogen-bond acceptors (Lipinski definition) is 3. The molecule has 0 aliphatic rings. The van der Waals surface area contributed by atoms with Crippen molar-refractivity contribution in [3.8, 4) is 0 Å². The standard InChI is InChI=1S/C11H12N4O/c1-8-7-10(15(2)14-8)11(16)13-9-3-5-12-6-4-9/h3-7H,1-2H3,(H,12,13,16). The van der Waals surface area contributed by atoms with Crippen LogP contribution in [0, 0.1) is 6.92 Å². The maximum absolute atomic E-state index is 11.9. The molecular formula is C11H12N4O. The first-order chi connectivity index (χ1) is 7.66. The van der Waals surface area contributed by atoms with Gasteiger partial charge in [0.1, 0.15) is 5.69 Å². The molecule has 0 aromatic carbocycles. The van der Waals surface area contributed by atoms with E-state index in [-0.39, 0.29) is 5.91 Å². The zero-order valence-electron chi connectivity index (χ0n) is 9.14. The largest absolute Gasteiger partial charge is 0.321 e. The van der Waals surface area contributed by atoms with Gasteiger partial charge in [-0.3, -0.25) is 14.5 Å². The van der Waals surface area contributed by atoms with Gasteiger partial charge in [0.25, 0.3) is 5.91 Å². The summed E-state index contributed by atoms with van der Waals surface area (Å²) < 4.78 is 1.56. The van der Waals surface area contributed by atoms with Crippen molar-refractivity contribution in [1.29, 1.82) is 0 Å². The first kappa shape index (κ1) is 10.4. The Balaban J connectivity index is 2.18. The van der Waals surface area contributed by atoms with Gasteiger partial charge < -0.3 is 5.32 Å². The van der Waals surface area contributed by atoms with Crippen LogP contribution in [0.1, 0.15) is 16.2 Å². The third kappa shape index (κ3) is 2.08. The zero-order valence-corrected chi connectivity index (χ0v) is 9.14. The van der Waals surface area contributed by atoms with Gasteiger partial charge in [-0.25, -0.2) is 0 Å². The minimum Gasteiger partial charge on any atom is -0.321 e. The second-order valence-electron chi connectivity index (χ2n) is 3.48. The highest BCUT2D eigenvalue weighted by atomic mass is 16.2. The van der Waals surface area contributed by atoms with Gasteiger partial charge in [-0.1, -0.05) is 0 Å². The summed E-state index contributed by atoms with van der Waals surface area (Å²) in [6, 6.07) is 5.22. The molecule has 5 nitrogen and oxygen atoms in total. The molecule has 1 N–H and O–H groups in total. The smallest absolute Gasteiger partial charge is 0.273 e. The molecule has 0 aliphatic heterocycles. The number of carbonyl (C=O) groups is 1. The average Bonchev–Trinajstić information content (AvgIpc) is 2.59. The molecule has 82 valence electrons. The number of aromatic nitrogens is 3. The van der Waals surface area contributed by atoms with Crippen molar-refractivity contribution >= 4 is 11.6 Å². The van der Waals surface area contributed by atoms with Gasteiger partial charge in [-0.15, -0.1) is 0 Å². The molecule has 0 saturated heterocycles. The summed E-state index contributed by atoms with van der Waals surface area (Å²) >= 11 is 0. The summed E-state index contributed by atoms with van der Waals surface area (Å²) in [5.74, 6) is -0.172. The Labute approximate surface area is 93.1 Å². The van der Waals surface area contributed by atoms with Crippen molar-refractivity contribution in [2.75, 3.05) is 5.32 Å². The summed E-state index contributed by atoms with van der Waals surface area (Å²) in [6.45, 7) is 1.85. The number of anilines is 1. The summed E-state index contributed by atoms with van der Waals surface area (Å²) in [5.41, 5.74) is 2.08. The Hall–Kier alpha value is -2.17. The average molecular weight is 216 g/mol. The van der Waals surface area contributed by atoms with E-state index in [1.54, 1.807) is 42.3 Å². The molecular weight excluding hydrogens is 204 g/mol. The number of nitrogens with zero attached hydrogens (tertiary/aromatic N) is 3. The lowest BCUT2D eigenvalue weighted by molar-refractivity contribution is 0.101. The fourth-order valence-electron chi connectivity index (χ4n) is 1.45. The van der Waals surface area contributed by atoms with Crippen molar-refractivity contribution in [2.24, 2.45) is 7.05 Å². The predicted octanol–water partition coefficient (Wildman–Crippen LogP) is 1.38. The molecule has 0 saturated carbocycles. The second-order valence-corrected chi connectivity index (χ2v) is 3.48. The van der Waals surface area contributed by atoms with Crippen molar-refractivity contribution < 1.29 is 4.79 Å². The number of carbonyl (C=O) groups excluding carboxylic acids is 1. The number of amides is 1. The molecule has 5 heteroatoms. The molecule has 1 amide bonds. The van der Waals surface area contributed by atoms with Crippen LogP contribution in [0.25, 0.3) is 0 Å². The van der Waals surface area contributed by atoms with E-state index in [1.165, 1.54) is 0 Å².